The van der Waals surface area contributed by atoms with E-state index >= 15 is 0 Å². The highest BCUT2D eigenvalue weighted by Gasteiger charge is 2.29. The topological polar surface area (TPSA) is 42.0 Å². The Morgan fingerprint density at radius 3 is 2.83 bits per heavy atom. The number of amides is 1. The maximum Gasteiger partial charge on any atom is 0.228 e. The summed E-state index contributed by atoms with van der Waals surface area (Å²) in [4.78, 5) is 15.9. The molecule has 0 saturated heterocycles. The molecular weight excluding hydrogens is 316 g/mol. The van der Waals surface area contributed by atoms with Gasteiger partial charge in [-0.05, 0) is 52.4 Å². The van der Waals surface area contributed by atoms with Crippen molar-refractivity contribution in [3.05, 3.63) is 33.9 Å². The molecule has 0 unspecified atom stereocenters. The molecular formula is C13H10BrClN2O. The smallest absolute Gasteiger partial charge is 0.228 e. The molecule has 1 fully saturated rings. The summed E-state index contributed by atoms with van der Waals surface area (Å²) < 4.78 is 0.835. The quantitative estimate of drug-likeness (QED) is 0.907. The van der Waals surface area contributed by atoms with Crippen molar-refractivity contribution in [1.29, 1.82) is 0 Å². The molecule has 1 aliphatic rings. The zero-order valence-corrected chi connectivity index (χ0v) is 11.8. The van der Waals surface area contributed by atoms with Crippen molar-refractivity contribution < 1.29 is 4.79 Å². The molecule has 1 aliphatic carbocycles. The summed E-state index contributed by atoms with van der Waals surface area (Å²) in [6, 6.07) is 5.63. The zero-order chi connectivity index (χ0) is 12.7. The minimum absolute atomic E-state index is 0.0647. The van der Waals surface area contributed by atoms with E-state index in [2.05, 4.69) is 26.2 Å². The number of fused-ring (bicyclic) bond motifs is 1. The van der Waals surface area contributed by atoms with Gasteiger partial charge in [-0.25, -0.2) is 4.98 Å². The number of hydrogen-bond donors (Lipinski definition) is 1. The van der Waals surface area contributed by atoms with Crippen LogP contribution in [0.15, 0.2) is 28.9 Å². The molecule has 0 radical (unpaired) electrons. The average Bonchev–Trinajstić information content (AvgIpc) is 3.15. The second-order valence-corrected chi connectivity index (χ2v) is 5.71. The monoisotopic (exact) mass is 324 g/mol. The Morgan fingerprint density at radius 2 is 2.11 bits per heavy atom. The third-order valence-corrected chi connectivity index (χ3v) is 4.16. The fourth-order valence-corrected chi connectivity index (χ4v) is 2.31. The molecule has 1 saturated carbocycles. The summed E-state index contributed by atoms with van der Waals surface area (Å²) in [5.74, 6) is 0.836. The van der Waals surface area contributed by atoms with Crippen molar-refractivity contribution in [3.63, 3.8) is 0 Å². The standard InChI is InChI=1S/C13H10BrClN2O/c14-10-3-8-5-12(17-13(18)7-1-2-7)16-6-9(8)4-11(10)15/h3-7H,1-2H2,(H,16,17,18). The van der Waals surface area contributed by atoms with Crippen molar-refractivity contribution in [3.8, 4) is 0 Å². The number of hydrogen-bond acceptors (Lipinski definition) is 2. The number of halogens is 2. The van der Waals surface area contributed by atoms with Gasteiger partial charge >= 0.3 is 0 Å². The molecule has 1 N–H and O–H groups in total. The van der Waals surface area contributed by atoms with Crippen LogP contribution in [-0.4, -0.2) is 10.9 Å². The number of anilines is 1. The van der Waals surface area contributed by atoms with Gasteiger partial charge in [0.25, 0.3) is 0 Å². The van der Waals surface area contributed by atoms with Crippen molar-refractivity contribution >= 4 is 50.0 Å². The lowest BCUT2D eigenvalue weighted by molar-refractivity contribution is -0.117. The third-order valence-electron chi connectivity index (χ3n) is 2.96. The molecule has 0 spiro atoms. The van der Waals surface area contributed by atoms with Crippen LogP contribution in [0.5, 0.6) is 0 Å². The van der Waals surface area contributed by atoms with Gasteiger partial charge in [-0.1, -0.05) is 11.6 Å². The lowest BCUT2D eigenvalue weighted by atomic mass is 10.2. The number of rotatable bonds is 2. The van der Waals surface area contributed by atoms with E-state index in [0.717, 1.165) is 28.1 Å². The van der Waals surface area contributed by atoms with E-state index in [4.69, 9.17) is 11.6 Å². The van der Waals surface area contributed by atoms with E-state index in [1.807, 2.05) is 18.2 Å². The highest BCUT2D eigenvalue weighted by atomic mass is 79.9. The first-order chi connectivity index (χ1) is 8.63. The van der Waals surface area contributed by atoms with Gasteiger partial charge in [-0.2, -0.15) is 0 Å². The lowest BCUT2D eigenvalue weighted by Gasteiger charge is -2.06. The van der Waals surface area contributed by atoms with Crippen LogP contribution in [-0.2, 0) is 4.79 Å². The van der Waals surface area contributed by atoms with Gasteiger partial charge in [0.1, 0.15) is 5.82 Å². The van der Waals surface area contributed by atoms with Gasteiger partial charge < -0.3 is 5.32 Å². The Balaban J connectivity index is 1.94. The number of aromatic nitrogens is 1. The molecule has 0 bridgehead atoms. The first-order valence-electron chi connectivity index (χ1n) is 5.69. The van der Waals surface area contributed by atoms with Crippen LogP contribution in [0, 0.1) is 5.92 Å². The maximum absolute atomic E-state index is 11.7. The highest BCUT2D eigenvalue weighted by Crippen LogP contribution is 2.31. The Hall–Kier alpha value is -1.13. The summed E-state index contributed by atoms with van der Waals surface area (Å²) in [5.41, 5.74) is 0. The summed E-state index contributed by atoms with van der Waals surface area (Å²) in [6.45, 7) is 0. The van der Waals surface area contributed by atoms with Gasteiger partial charge in [0.15, 0.2) is 0 Å². The van der Waals surface area contributed by atoms with Crippen LogP contribution in [0.2, 0.25) is 5.02 Å². The lowest BCUT2D eigenvalue weighted by Crippen LogP contribution is -2.14. The predicted molar refractivity (Wildman–Crippen MR) is 75.8 cm³/mol. The molecule has 1 heterocycles. The predicted octanol–water partition coefficient (Wildman–Crippen LogP) is 4.00. The molecule has 0 atom stereocenters. The Kier molecular flexibility index (Phi) is 2.99. The van der Waals surface area contributed by atoms with E-state index in [1.165, 1.54) is 0 Å². The van der Waals surface area contributed by atoms with E-state index in [-0.39, 0.29) is 11.8 Å². The van der Waals surface area contributed by atoms with Gasteiger partial charge in [0.2, 0.25) is 5.91 Å². The first kappa shape index (κ1) is 11.9. The Labute approximate surface area is 118 Å². The molecule has 1 aromatic carbocycles. The van der Waals surface area contributed by atoms with Crippen LogP contribution in [0.1, 0.15) is 12.8 Å². The van der Waals surface area contributed by atoms with E-state index < -0.39 is 0 Å². The minimum Gasteiger partial charge on any atom is -0.310 e. The third kappa shape index (κ3) is 2.35. The maximum atomic E-state index is 11.7. The van der Waals surface area contributed by atoms with Crippen molar-refractivity contribution in [1.82, 2.24) is 4.98 Å². The second-order valence-electron chi connectivity index (χ2n) is 4.45. The summed E-state index contributed by atoms with van der Waals surface area (Å²) in [5, 5.41) is 5.43. The summed E-state index contributed by atoms with van der Waals surface area (Å²) >= 11 is 9.40. The SMILES string of the molecule is O=C(Nc1cc2cc(Br)c(Cl)cc2cn1)C1CC1. The first-order valence-corrected chi connectivity index (χ1v) is 6.86. The van der Waals surface area contributed by atoms with Gasteiger partial charge in [0, 0.05) is 22.0 Å². The van der Waals surface area contributed by atoms with Crippen molar-refractivity contribution in [2.45, 2.75) is 12.8 Å². The molecule has 3 rings (SSSR count). The van der Waals surface area contributed by atoms with Crippen LogP contribution in [0.25, 0.3) is 10.8 Å². The number of benzene rings is 1. The average molecular weight is 326 g/mol. The van der Waals surface area contributed by atoms with E-state index in [9.17, 15) is 4.79 Å². The van der Waals surface area contributed by atoms with Gasteiger partial charge in [0.05, 0.1) is 5.02 Å². The number of carbonyl (C=O) groups is 1. The van der Waals surface area contributed by atoms with Gasteiger partial charge in [-0.3, -0.25) is 4.79 Å². The Bertz CT molecular complexity index is 640. The second kappa shape index (κ2) is 4.52. The Morgan fingerprint density at radius 1 is 1.33 bits per heavy atom. The highest BCUT2D eigenvalue weighted by molar-refractivity contribution is 9.10. The number of nitrogens with zero attached hydrogens (tertiary/aromatic N) is 1. The molecule has 1 amide bonds. The van der Waals surface area contributed by atoms with Crippen molar-refractivity contribution in [2.75, 3.05) is 5.32 Å². The number of pyridine rings is 1. The zero-order valence-electron chi connectivity index (χ0n) is 9.41. The molecule has 18 heavy (non-hydrogen) atoms. The van der Waals surface area contributed by atoms with E-state index in [1.54, 1.807) is 6.20 Å². The van der Waals surface area contributed by atoms with Crippen molar-refractivity contribution in [2.24, 2.45) is 5.92 Å². The van der Waals surface area contributed by atoms with Crippen LogP contribution in [0.4, 0.5) is 5.82 Å². The fraction of sp³-hybridized carbons (Fsp3) is 0.231. The molecule has 92 valence electrons. The fourth-order valence-electron chi connectivity index (χ4n) is 1.78. The van der Waals surface area contributed by atoms with Gasteiger partial charge in [-0.15, -0.1) is 0 Å². The van der Waals surface area contributed by atoms with Crippen LogP contribution in [0.3, 0.4) is 0 Å². The molecule has 2 aromatic rings. The normalized spacial score (nSPS) is 14.8. The summed E-state index contributed by atoms with van der Waals surface area (Å²) in [6.07, 6.45) is 3.69. The molecule has 0 aliphatic heterocycles. The van der Waals surface area contributed by atoms with Crippen LogP contribution >= 0.6 is 27.5 Å². The van der Waals surface area contributed by atoms with Crippen LogP contribution < -0.4 is 5.32 Å². The number of nitrogens with one attached hydrogen (secondary N) is 1. The minimum atomic E-state index is 0.0647. The molecule has 1 aromatic heterocycles. The summed E-state index contributed by atoms with van der Waals surface area (Å²) in [7, 11) is 0. The largest absolute Gasteiger partial charge is 0.310 e. The molecule has 5 heteroatoms. The molecule has 3 nitrogen and oxygen atoms in total. The number of carbonyl (C=O) groups excluding carboxylic acids is 1. The van der Waals surface area contributed by atoms with E-state index in [0.29, 0.717) is 10.8 Å².